The van der Waals surface area contributed by atoms with Gasteiger partial charge in [0, 0.05) is 41.8 Å². The highest BCUT2D eigenvalue weighted by atomic mass is 16.5. The van der Waals surface area contributed by atoms with Crippen LogP contribution in [0.3, 0.4) is 0 Å². The van der Waals surface area contributed by atoms with Gasteiger partial charge in [-0.3, -0.25) is 0 Å². The smallest absolute Gasteiger partial charge is 0.319 e. The van der Waals surface area contributed by atoms with Gasteiger partial charge in [-0.2, -0.15) is 0 Å². The molecule has 0 saturated carbocycles. The Bertz CT molecular complexity index is 800. The zero-order valence-electron chi connectivity index (χ0n) is 15.1. The monoisotopic (exact) mass is 352 g/mol. The molecule has 0 bridgehead atoms. The Labute approximate surface area is 153 Å². The van der Waals surface area contributed by atoms with E-state index in [1.807, 2.05) is 24.3 Å². The Morgan fingerprint density at radius 2 is 2.00 bits per heavy atom. The van der Waals surface area contributed by atoms with E-state index in [1.165, 1.54) is 16.7 Å². The Balaban J connectivity index is 1.40. The van der Waals surface area contributed by atoms with Gasteiger partial charge >= 0.3 is 6.03 Å². The number of fused-ring (bicyclic) bond motifs is 2. The summed E-state index contributed by atoms with van der Waals surface area (Å²) < 4.78 is 11.6. The summed E-state index contributed by atoms with van der Waals surface area (Å²) in [6, 6.07) is 9.83. The van der Waals surface area contributed by atoms with E-state index < -0.39 is 0 Å². The van der Waals surface area contributed by atoms with Crippen LogP contribution in [0.1, 0.15) is 29.2 Å². The molecule has 2 aliphatic rings. The van der Waals surface area contributed by atoms with Gasteiger partial charge in [-0.05, 0) is 30.5 Å². The first-order chi connectivity index (χ1) is 12.8. The number of nitrogens with one attached hydrogen (secondary N) is 2. The fraction of sp³-hybridized carbons (Fsp3) is 0.381. The summed E-state index contributed by atoms with van der Waals surface area (Å²) >= 11 is 0. The van der Waals surface area contributed by atoms with Crippen LogP contribution >= 0.6 is 0 Å². The van der Waals surface area contributed by atoms with E-state index in [4.69, 9.17) is 9.47 Å². The van der Waals surface area contributed by atoms with Crippen molar-refractivity contribution in [3.63, 3.8) is 0 Å². The molecule has 0 radical (unpaired) electrons. The molecule has 0 unspecified atom stereocenters. The van der Waals surface area contributed by atoms with Crippen LogP contribution in [-0.2, 0) is 25.7 Å². The average Bonchev–Trinajstić information content (AvgIpc) is 3.30. The van der Waals surface area contributed by atoms with E-state index >= 15 is 0 Å². The predicted octanol–water partition coefficient (Wildman–Crippen LogP) is 3.48. The van der Waals surface area contributed by atoms with Gasteiger partial charge in [0.15, 0.2) is 0 Å². The highest BCUT2D eigenvalue weighted by molar-refractivity contribution is 5.90. The molecule has 0 atom stereocenters. The number of para-hydroxylation sites is 1. The van der Waals surface area contributed by atoms with Crippen molar-refractivity contribution in [2.24, 2.45) is 0 Å². The van der Waals surface area contributed by atoms with Crippen LogP contribution in [0.25, 0.3) is 0 Å². The molecular formula is C21H24N2O3. The van der Waals surface area contributed by atoms with E-state index in [0.717, 1.165) is 61.6 Å². The van der Waals surface area contributed by atoms with Gasteiger partial charge < -0.3 is 20.1 Å². The molecule has 2 aromatic rings. The third-order valence-corrected chi connectivity index (χ3v) is 5.07. The number of hydrogen-bond acceptors (Lipinski definition) is 3. The molecule has 4 rings (SSSR count). The summed E-state index contributed by atoms with van der Waals surface area (Å²) in [6.07, 6.45) is 3.48. The van der Waals surface area contributed by atoms with Crippen LogP contribution in [0.4, 0.5) is 10.5 Å². The summed E-state index contributed by atoms with van der Waals surface area (Å²) in [5.41, 5.74) is 5.66. The van der Waals surface area contributed by atoms with Crippen LogP contribution in [0.15, 0.2) is 30.3 Å². The SMILES string of the molecule is CCc1ccccc1NC(=O)NCCc1c2c(cc3c1OCC3)OCC2. The van der Waals surface area contributed by atoms with Gasteiger partial charge in [0.05, 0.1) is 13.2 Å². The minimum absolute atomic E-state index is 0.174. The lowest BCUT2D eigenvalue weighted by Gasteiger charge is -2.14. The molecule has 0 spiro atoms. The third-order valence-electron chi connectivity index (χ3n) is 5.07. The van der Waals surface area contributed by atoms with Crippen molar-refractivity contribution in [3.05, 3.63) is 52.6 Å². The maximum atomic E-state index is 12.3. The van der Waals surface area contributed by atoms with Crippen LogP contribution in [0, 0.1) is 0 Å². The molecule has 0 fully saturated rings. The van der Waals surface area contributed by atoms with E-state index in [-0.39, 0.29) is 6.03 Å². The molecule has 2 N–H and O–H groups in total. The first-order valence-corrected chi connectivity index (χ1v) is 9.32. The van der Waals surface area contributed by atoms with E-state index in [1.54, 1.807) is 0 Å². The second kappa shape index (κ2) is 7.28. The maximum absolute atomic E-state index is 12.3. The summed E-state index contributed by atoms with van der Waals surface area (Å²) in [7, 11) is 0. The molecular weight excluding hydrogens is 328 g/mol. The highest BCUT2D eigenvalue weighted by Gasteiger charge is 2.26. The molecule has 136 valence electrons. The minimum atomic E-state index is -0.174. The molecule has 5 nitrogen and oxygen atoms in total. The summed E-state index contributed by atoms with van der Waals surface area (Å²) in [6.45, 7) is 4.10. The Kier molecular flexibility index (Phi) is 4.69. The van der Waals surface area contributed by atoms with Gasteiger partial charge in [-0.1, -0.05) is 25.1 Å². The van der Waals surface area contributed by atoms with E-state index in [9.17, 15) is 4.79 Å². The van der Waals surface area contributed by atoms with Crippen LogP contribution in [0.2, 0.25) is 0 Å². The van der Waals surface area contributed by atoms with E-state index in [0.29, 0.717) is 6.54 Å². The molecule has 2 aliphatic heterocycles. The summed E-state index contributed by atoms with van der Waals surface area (Å²) in [5, 5.41) is 5.91. The molecule has 0 aliphatic carbocycles. The average molecular weight is 352 g/mol. The number of aryl methyl sites for hydroxylation is 1. The van der Waals surface area contributed by atoms with Crippen LogP contribution < -0.4 is 20.1 Å². The number of amides is 2. The number of carbonyl (C=O) groups excluding carboxylic acids is 1. The van der Waals surface area contributed by atoms with Crippen molar-refractivity contribution < 1.29 is 14.3 Å². The van der Waals surface area contributed by atoms with Gasteiger partial charge in [0.1, 0.15) is 11.5 Å². The van der Waals surface area contributed by atoms with Crippen LogP contribution in [0.5, 0.6) is 11.5 Å². The molecule has 5 heteroatoms. The van der Waals surface area contributed by atoms with Gasteiger partial charge in [-0.15, -0.1) is 0 Å². The lowest BCUT2D eigenvalue weighted by atomic mass is 9.97. The van der Waals surface area contributed by atoms with Crippen molar-refractivity contribution in [1.82, 2.24) is 5.32 Å². The lowest BCUT2D eigenvalue weighted by Crippen LogP contribution is -2.31. The fourth-order valence-electron chi connectivity index (χ4n) is 3.77. The first-order valence-electron chi connectivity index (χ1n) is 9.32. The Hall–Kier alpha value is -2.69. The van der Waals surface area contributed by atoms with Crippen molar-refractivity contribution in [3.8, 4) is 11.5 Å². The van der Waals surface area contributed by atoms with Crippen molar-refractivity contribution in [2.75, 3.05) is 25.1 Å². The molecule has 2 amide bonds. The lowest BCUT2D eigenvalue weighted by molar-refractivity contribution is 0.252. The highest BCUT2D eigenvalue weighted by Crippen LogP contribution is 2.40. The van der Waals surface area contributed by atoms with Gasteiger partial charge in [0.2, 0.25) is 0 Å². The van der Waals surface area contributed by atoms with Crippen molar-refractivity contribution in [1.29, 1.82) is 0 Å². The number of rotatable bonds is 5. The van der Waals surface area contributed by atoms with Crippen molar-refractivity contribution in [2.45, 2.75) is 32.6 Å². The van der Waals surface area contributed by atoms with Gasteiger partial charge in [0.25, 0.3) is 0 Å². The number of benzene rings is 2. The Morgan fingerprint density at radius 3 is 2.88 bits per heavy atom. The van der Waals surface area contributed by atoms with Crippen LogP contribution in [-0.4, -0.2) is 25.8 Å². The summed E-state index contributed by atoms with van der Waals surface area (Å²) in [4.78, 5) is 12.3. The molecule has 2 heterocycles. The number of urea groups is 1. The largest absolute Gasteiger partial charge is 0.493 e. The predicted molar refractivity (Wildman–Crippen MR) is 101 cm³/mol. The Morgan fingerprint density at radius 1 is 1.15 bits per heavy atom. The maximum Gasteiger partial charge on any atom is 0.319 e. The molecule has 26 heavy (non-hydrogen) atoms. The van der Waals surface area contributed by atoms with Crippen molar-refractivity contribution >= 4 is 11.7 Å². The number of carbonyl (C=O) groups is 1. The first kappa shape index (κ1) is 16.8. The fourth-order valence-corrected chi connectivity index (χ4v) is 3.77. The standard InChI is InChI=1S/C21H24N2O3/c1-2-14-5-3-4-6-18(14)23-21(24)22-10-7-17-16-9-12-25-19(16)13-15-8-11-26-20(15)17/h3-6,13H,2,7-12H2,1H3,(H2,22,23,24). The topological polar surface area (TPSA) is 59.6 Å². The normalized spacial score (nSPS) is 14.2. The molecule has 0 aromatic heterocycles. The second-order valence-corrected chi connectivity index (χ2v) is 6.66. The zero-order valence-corrected chi connectivity index (χ0v) is 15.1. The van der Waals surface area contributed by atoms with Gasteiger partial charge in [-0.25, -0.2) is 4.79 Å². The molecule has 2 aromatic carbocycles. The number of anilines is 1. The number of hydrogen-bond donors (Lipinski definition) is 2. The minimum Gasteiger partial charge on any atom is -0.493 e. The summed E-state index contributed by atoms with van der Waals surface area (Å²) in [5.74, 6) is 2.00. The van der Waals surface area contributed by atoms with E-state index in [2.05, 4.69) is 23.6 Å². The zero-order chi connectivity index (χ0) is 17.9. The quantitative estimate of drug-likeness (QED) is 0.866. The second-order valence-electron chi connectivity index (χ2n) is 6.66. The third kappa shape index (κ3) is 3.21. The number of ether oxygens (including phenoxy) is 2. The molecule has 0 saturated heterocycles.